The molecule has 0 aliphatic carbocycles. The normalized spacial score (nSPS) is 12.4. The summed E-state index contributed by atoms with van der Waals surface area (Å²) in [4.78, 5) is 32.1. The van der Waals surface area contributed by atoms with Crippen LogP contribution in [0.4, 0.5) is 0 Å². The van der Waals surface area contributed by atoms with E-state index in [2.05, 4.69) is 36.3 Å². The summed E-state index contributed by atoms with van der Waals surface area (Å²) in [5.74, 6) is 0.186. The fourth-order valence-electron chi connectivity index (χ4n) is 6.74. The van der Waals surface area contributed by atoms with Crippen LogP contribution >= 0.6 is 0 Å². The Morgan fingerprint density at radius 3 is 1.31 bits per heavy atom. The molecule has 0 aliphatic rings. The maximum Gasteiger partial charge on any atom is 0.241 e. The molecule has 2 unspecified atom stereocenters. The highest BCUT2D eigenvalue weighted by Gasteiger charge is 2.22. The first-order valence-corrected chi connectivity index (χ1v) is 22.3. The number of unbranched alkanes of at least 4 members (excludes halogenated alkanes) is 25. The van der Waals surface area contributed by atoms with Crippen LogP contribution in [0.3, 0.4) is 0 Å². The number of halogens is 3. The zero-order valence-corrected chi connectivity index (χ0v) is 38.2. The number of hydrogen-bond donors (Lipinski definition) is 4. The lowest BCUT2D eigenvalue weighted by Crippen LogP contribution is -3.00. The van der Waals surface area contributed by atoms with Crippen molar-refractivity contribution in [3.05, 3.63) is 12.2 Å². The van der Waals surface area contributed by atoms with Gasteiger partial charge in [-0.3, -0.25) is 14.6 Å². The van der Waals surface area contributed by atoms with Gasteiger partial charge in [0, 0.05) is 26.2 Å². The van der Waals surface area contributed by atoms with Crippen molar-refractivity contribution in [3.8, 4) is 0 Å². The van der Waals surface area contributed by atoms with Gasteiger partial charge in [0.1, 0.15) is 6.04 Å². The lowest BCUT2D eigenvalue weighted by Gasteiger charge is -2.26. The first-order valence-electron chi connectivity index (χ1n) is 22.3. The predicted molar refractivity (Wildman–Crippen MR) is 227 cm³/mol. The Balaban J connectivity index is -0.00000433. The van der Waals surface area contributed by atoms with E-state index in [9.17, 15) is 9.59 Å². The van der Waals surface area contributed by atoms with Crippen LogP contribution in [0.2, 0.25) is 0 Å². The van der Waals surface area contributed by atoms with E-state index in [-0.39, 0.29) is 55.6 Å². The third-order valence-electron chi connectivity index (χ3n) is 10.2. The van der Waals surface area contributed by atoms with Crippen LogP contribution in [0.5, 0.6) is 0 Å². The summed E-state index contributed by atoms with van der Waals surface area (Å²) in [7, 11) is 0. The van der Waals surface area contributed by atoms with Crippen molar-refractivity contribution in [2.45, 2.75) is 225 Å². The Kier molecular flexibility index (Phi) is 52.1. The summed E-state index contributed by atoms with van der Waals surface area (Å²) in [5.41, 5.74) is 18.0. The van der Waals surface area contributed by atoms with Gasteiger partial charge >= 0.3 is 0 Å². The zero-order valence-electron chi connectivity index (χ0n) is 35.9. The lowest BCUT2D eigenvalue weighted by molar-refractivity contribution is -0.133. The van der Waals surface area contributed by atoms with Crippen molar-refractivity contribution in [1.82, 2.24) is 10.2 Å². The van der Waals surface area contributed by atoms with E-state index in [0.29, 0.717) is 25.2 Å². The molecular weight excluding hydrogens is 751 g/mol. The van der Waals surface area contributed by atoms with Gasteiger partial charge in [0.25, 0.3) is 0 Å². The monoisotopic (exact) mass is 838 g/mol. The Hall–Kier alpha value is -1.06. The highest BCUT2D eigenvalue weighted by atomic mass is 35.5. The molecule has 0 aromatic rings. The molecule has 0 fully saturated rings. The molecule has 0 saturated carbocycles. The van der Waals surface area contributed by atoms with E-state index in [0.717, 1.165) is 38.8 Å². The number of aliphatic imine (C=N–C) groups is 1. The smallest absolute Gasteiger partial charge is 0.241 e. The van der Waals surface area contributed by atoms with Crippen LogP contribution < -0.4 is 59.7 Å². The third kappa shape index (κ3) is 42.4. The van der Waals surface area contributed by atoms with Crippen LogP contribution in [0.25, 0.3) is 0 Å². The van der Waals surface area contributed by atoms with Crippen LogP contribution in [0.1, 0.15) is 213 Å². The first-order chi connectivity index (χ1) is 25.3. The molecule has 0 aliphatic heterocycles. The second-order valence-corrected chi connectivity index (χ2v) is 15.5. The summed E-state index contributed by atoms with van der Waals surface area (Å²) in [6.45, 7) is 8.42. The van der Waals surface area contributed by atoms with Gasteiger partial charge in [0.2, 0.25) is 11.8 Å². The van der Waals surface area contributed by atoms with E-state index in [1.54, 1.807) is 6.92 Å². The van der Waals surface area contributed by atoms with Gasteiger partial charge in [0.05, 0.1) is 11.9 Å². The Labute approximate surface area is 359 Å². The minimum Gasteiger partial charge on any atom is -1.00 e. The average molecular weight is 840 g/mol. The van der Waals surface area contributed by atoms with Crippen molar-refractivity contribution in [1.29, 1.82) is 0 Å². The number of rotatable bonds is 39. The van der Waals surface area contributed by atoms with Gasteiger partial charge in [-0.1, -0.05) is 167 Å². The molecule has 2 amide bonds. The van der Waals surface area contributed by atoms with Crippen LogP contribution in [0, 0.1) is 0 Å². The quantitative estimate of drug-likeness (QED) is 0.0320. The maximum absolute atomic E-state index is 13.4. The van der Waals surface area contributed by atoms with Crippen molar-refractivity contribution in [2.24, 2.45) is 22.2 Å². The predicted octanol–water partition coefficient (Wildman–Crippen LogP) is 1.27. The Morgan fingerprint density at radius 1 is 0.564 bits per heavy atom. The third-order valence-corrected chi connectivity index (χ3v) is 10.2. The molecule has 0 aromatic carbocycles. The van der Waals surface area contributed by atoms with Gasteiger partial charge in [-0.05, 0) is 58.3 Å². The molecule has 55 heavy (non-hydrogen) atoms. The highest BCUT2D eigenvalue weighted by Crippen LogP contribution is 2.14. The van der Waals surface area contributed by atoms with E-state index in [4.69, 9.17) is 17.2 Å². The molecule has 7 N–H and O–H groups in total. The van der Waals surface area contributed by atoms with E-state index >= 15 is 0 Å². The molecule has 0 heterocycles. The molecule has 0 rings (SSSR count). The summed E-state index contributed by atoms with van der Waals surface area (Å²) in [5, 5.41) is 2.81. The van der Waals surface area contributed by atoms with Gasteiger partial charge < -0.3 is 64.6 Å². The van der Waals surface area contributed by atoms with Crippen LogP contribution in [-0.2, 0) is 9.59 Å². The van der Waals surface area contributed by atoms with E-state index < -0.39 is 12.1 Å². The summed E-state index contributed by atoms with van der Waals surface area (Å²) < 4.78 is 0. The molecule has 2 atom stereocenters. The fourth-order valence-corrected chi connectivity index (χ4v) is 6.74. The SMILES string of the molecule is CCCCCCCC/C=C\CCCCCCCCN(CCCCCCCCCCCCCCCC)C(=O)C(N)CNC(=O)C(N)CCCN=C(C)N.[Cl-].[Cl-].[Cl-]. The first kappa shape index (κ1) is 60.6. The molecule has 11 heteroatoms. The van der Waals surface area contributed by atoms with Crippen molar-refractivity contribution in [3.63, 3.8) is 0 Å². The van der Waals surface area contributed by atoms with Crippen molar-refractivity contribution < 1.29 is 46.8 Å². The van der Waals surface area contributed by atoms with E-state index in [1.165, 1.54) is 154 Å². The van der Waals surface area contributed by atoms with Crippen LogP contribution in [0.15, 0.2) is 17.1 Å². The average Bonchev–Trinajstić information content (AvgIpc) is 3.13. The molecule has 0 radical (unpaired) electrons. The summed E-state index contributed by atoms with van der Waals surface area (Å²) in [6.07, 6.45) is 42.1. The second kappa shape index (κ2) is 47.3. The minimum absolute atomic E-state index is 0. The molecule has 0 bridgehead atoms. The summed E-state index contributed by atoms with van der Waals surface area (Å²) in [6, 6.07) is -1.41. The molecule has 0 spiro atoms. The number of amides is 2. The number of allylic oxidation sites excluding steroid dienone is 2. The fraction of sp³-hybridized carbons (Fsp3) is 0.886. The zero-order chi connectivity index (χ0) is 38.3. The van der Waals surface area contributed by atoms with Gasteiger partial charge in [-0.15, -0.1) is 0 Å². The number of hydrogen-bond acceptors (Lipinski definition) is 5. The molecule has 0 saturated heterocycles. The largest absolute Gasteiger partial charge is 1.00 e. The Bertz CT molecular complexity index is 876. The van der Waals surface area contributed by atoms with Gasteiger partial charge in [-0.2, -0.15) is 0 Å². The second-order valence-electron chi connectivity index (χ2n) is 15.5. The number of nitrogens with zero attached hydrogens (tertiary/aromatic N) is 2. The molecule has 0 aromatic heterocycles. The van der Waals surface area contributed by atoms with Crippen molar-refractivity contribution in [2.75, 3.05) is 26.2 Å². The standard InChI is InChI=1S/C44H88N6O2.3ClH/c1-4-6-8-10-12-14-16-18-20-21-23-25-27-29-31-33-38-50(37-32-30-28-26-24-22-19-17-15-13-11-9-7-5-2)44(52)42(47)39-49-43(51)41(46)35-34-36-48-40(3)45;;;/h18,20,41-42H,4-17,19,21-39,46-47H2,1-3H3,(H2,45,48)(H,49,51);3*1H/p-3/b20-18-;;;. The van der Waals surface area contributed by atoms with E-state index in [1.807, 2.05) is 4.90 Å². The highest BCUT2D eigenvalue weighted by molar-refractivity contribution is 5.85. The van der Waals surface area contributed by atoms with Crippen molar-refractivity contribution >= 4 is 17.6 Å². The molecule has 8 nitrogen and oxygen atoms in total. The molecular formula is C44H88Cl3N6O2-3. The lowest BCUT2D eigenvalue weighted by atomic mass is 10.0. The number of nitrogens with one attached hydrogen (secondary N) is 1. The number of carbonyl (C=O) groups excluding carboxylic acids is 2. The summed E-state index contributed by atoms with van der Waals surface area (Å²) >= 11 is 0. The minimum atomic E-state index is -0.763. The number of amidine groups is 1. The maximum atomic E-state index is 13.4. The topological polar surface area (TPSA) is 140 Å². The van der Waals surface area contributed by atoms with Gasteiger partial charge in [-0.25, -0.2) is 0 Å². The van der Waals surface area contributed by atoms with Crippen LogP contribution in [-0.4, -0.2) is 60.8 Å². The Morgan fingerprint density at radius 2 is 0.927 bits per heavy atom. The van der Waals surface area contributed by atoms with Gasteiger partial charge in [0.15, 0.2) is 0 Å². The number of nitrogens with two attached hydrogens (primary N) is 3. The number of carbonyl (C=O) groups is 2. The molecule has 330 valence electrons.